The molecule has 2 aromatic carbocycles. The molecule has 1 aromatic heterocycles. The first-order valence-electron chi connectivity index (χ1n) is 6.87. The highest BCUT2D eigenvalue weighted by atomic mass is 16.3. The number of nitrogens with zero attached hydrogens (tertiary/aromatic N) is 2. The molecule has 5 nitrogen and oxygen atoms in total. The summed E-state index contributed by atoms with van der Waals surface area (Å²) in [5.41, 5.74) is 2.70. The molecule has 0 fully saturated rings. The van der Waals surface area contributed by atoms with Crippen LogP contribution in [0.1, 0.15) is 16.1 Å². The zero-order valence-electron chi connectivity index (χ0n) is 11.8. The van der Waals surface area contributed by atoms with Crippen LogP contribution in [-0.2, 0) is 6.61 Å². The molecule has 0 bridgehead atoms. The van der Waals surface area contributed by atoms with E-state index in [9.17, 15) is 4.79 Å². The number of hydrogen-bond donors (Lipinski definition) is 2. The number of rotatable bonds is 4. The highest BCUT2D eigenvalue weighted by Gasteiger charge is 2.13. The van der Waals surface area contributed by atoms with Crippen LogP contribution in [0.3, 0.4) is 0 Å². The van der Waals surface area contributed by atoms with E-state index < -0.39 is 0 Å². The predicted molar refractivity (Wildman–Crippen MR) is 83.9 cm³/mol. The number of nitrogens with one attached hydrogen (secondary N) is 1. The van der Waals surface area contributed by atoms with Gasteiger partial charge in [0.1, 0.15) is 5.69 Å². The number of aliphatic hydroxyl groups excluding tert-OH is 1. The van der Waals surface area contributed by atoms with Gasteiger partial charge in [-0.15, -0.1) is 0 Å². The van der Waals surface area contributed by atoms with Crippen LogP contribution in [0.2, 0.25) is 0 Å². The summed E-state index contributed by atoms with van der Waals surface area (Å²) in [4.78, 5) is 16.5. The molecule has 0 aliphatic rings. The van der Waals surface area contributed by atoms with Gasteiger partial charge >= 0.3 is 0 Å². The van der Waals surface area contributed by atoms with Crippen LogP contribution in [0.25, 0.3) is 5.69 Å². The number of para-hydroxylation sites is 1. The second-order valence-corrected chi connectivity index (χ2v) is 4.80. The first kappa shape index (κ1) is 14.0. The van der Waals surface area contributed by atoms with Gasteiger partial charge in [0.25, 0.3) is 5.91 Å². The van der Waals surface area contributed by atoms with Crippen molar-refractivity contribution in [3.63, 3.8) is 0 Å². The Bertz CT molecular complexity index is 781. The van der Waals surface area contributed by atoms with E-state index in [1.165, 1.54) is 6.20 Å². The van der Waals surface area contributed by atoms with Crippen LogP contribution in [0.4, 0.5) is 5.69 Å². The fourth-order valence-corrected chi connectivity index (χ4v) is 2.20. The van der Waals surface area contributed by atoms with Crippen molar-refractivity contribution in [2.24, 2.45) is 0 Å². The van der Waals surface area contributed by atoms with E-state index in [4.69, 9.17) is 5.11 Å². The maximum absolute atomic E-state index is 12.4. The van der Waals surface area contributed by atoms with Crippen LogP contribution >= 0.6 is 0 Å². The third-order valence-corrected chi connectivity index (χ3v) is 3.27. The molecule has 0 saturated heterocycles. The Morgan fingerprint density at radius 3 is 2.73 bits per heavy atom. The Balaban J connectivity index is 1.86. The van der Waals surface area contributed by atoms with Gasteiger partial charge in [-0.05, 0) is 29.8 Å². The lowest BCUT2D eigenvalue weighted by Gasteiger charge is -2.09. The van der Waals surface area contributed by atoms with E-state index in [1.54, 1.807) is 35.2 Å². The molecule has 3 rings (SSSR count). The predicted octanol–water partition coefficient (Wildman–Crippen LogP) is 2.62. The summed E-state index contributed by atoms with van der Waals surface area (Å²) in [6.45, 7) is -0.0638. The molecule has 110 valence electrons. The number of benzene rings is 2. The molecule has 1 amide bonds. The van der Waals surface area contributed by atoms with Crippen LogP contribution < -0.4 is 5.32 Å². The number of hydrogen-bond acceptors (Lipinski definition) is 3. The molecule has 0 radical (unpaired) electrons. The lowest BCUT2D eigenvalue weighted by atomic mass is 10.2. The lowest BCUT2D eigenvalue weighted by Crippen LogP contribution is -2.16. The van der Waals surface area contributed by atoms with Gasteiger partial charge in [-0.2, -0.15) is 0 Å². The van der Waals surface area contributed by atoms with Gasteiger partial charge < -0.3 is 10.4 Å². The molecular formula is C17H15N3O2. The molecule has 0 atom stereocenters. The quantitative estimate of drug-likeness (QED) is 0.777. The second-order valence-electron chi connectivity index (χ2n) is 4.80. The SMILES string of the molecule is O=C(Nc1cccc(CO)c1)c1cncn1-c1ccccc1. The minimum absolute atomic E-state index is 0.0638. The maximum Gasteiger partial charge on any atom is 0.274 e. The number of amides is 1. The molecule has 3 aromatic rings. The van der Waals surface area contributed by atoms with Crippen molar-refractivity contribution in [1.82, 2.24) is 9.55 Å². The summed E-state index contributed by atoms with van der Waals surface area (Å²) in [5, 5.41) is 12.0. The molecule has 22 heavy (non-hydrogen) atoms. The van der Waals surface area contributed by atoms with Gasteiger partial charge in [-0.1, -0.05) is 30.3 Å². The van der Waals surface area contributed by atoms with Gasteiger partial charge in [0.05, 0.1) is 19.1 Å². The zero-order valence-corrected chi connectivity index (χ0v) is 11.8. The van der Waals surface area contributed by atoms with E-state index in [-0.39, 0.29) is 12.5 Å². The van der Waals surface area contributed by atoms with E-state index in [1.807, 2.05) is 30.3 Å². The Labute approximate surface area is 127 Å². The third kappa shape index (κ3) is 2.89. The fraction of sp³-hybridized carbons (Fsp3) is 0.0588. The van der Waals surface area contributed by atoms with Crippen molar-refractivity contribution in [2.75, 3.05) is 5.32 Å². The van der Waals surface area contributed by atoms with Crippen LogP contribution in [0.15, 0.2) is 67.1 Å². The summed E-state index contributed by atoms with van der Waals surface area (Å²) in [5.74, 6) is -0.253. The summed E-state index contributed by atoms with van der Waals surface area (Å²) in [6.07, 6.45) is 3.13. The fourth-order valence-electron chi connectivity index (χ4n) is 2.20. The van der Waals surface area contributed by atoms with Crippen molar-refractivity contribution >= 4 is 11.6 Å². The molecule has 0 aliphatic carbocycles. The number of aromatic nitrogens is 2. The number of imidazole rings is 1. The molecule has 0 aliphatic heterocycles. The van der Waals surface area contributed by atoms with Crippen molar-refractivity contribution in [3.05, 3.63) is 78.4 Å². The maximum atomic E-state index is 12.4. The average molecular weight is 293 g/mol. The van der Waals surface area contributed by atoms with Crippen molar-refractivity contribution in [1.29, 1.82) is 0 Å². The third-order valence-electron chi connectivity index (χ3n) is 3.27. The van der Waals surface area contributed by atoms with Crippen LogP contribution in [-0.4, -0.2) is 20.6 Å². The summed E-state index contributed by atoms with van der Waals surface area (Å²) >= 11 is 0. The molecule has 5 heteroatoms. The largest absolute Gasteiger partial charge is 0.392 e. The normalized spacial score (nSPS) is 10.4. The molecule has 2 N–H and O–H groups in total. The van der Waals surface area contributed by atoms with Gasteiger partial charge in [-0.25, -0.2) is 4.98 Å². The highest BCUT2D eigenvalue weighted by molar-refractivity contribution is 6.03. The number of carbonyl (C=O) groups is 1. The minimum atomic E-state index is -0.253. The van der Waals surface area contributed by atoms with E-state index >= 15 is 0 Å². The van der Waals surface area contributed by atoms with Gasteiger partial charge in [-0.3, -0.25) is 9.36 Å². The van der Waals surface area contributed by atoms with Crippen molar-refractivity contribution in [3.8, 4) is 5.69 Å². The monoisotopic (exact) mass is 293 g/mol. The summed E-state index contributed by atoms with van der Waals surface area (Å²) in [7, 11) is 0. The standard InChI is InChI=1S/C17H15N3O2/c21-11-13-5-4-6-14(9-13)19-17(22)16-10-18-12-20(16)15-7-2-1-3-8-15/h1-10,12,21H,11H2,(H,19,22). The van der Waals surface area contributed by atoms with E-state index in [0.717, 1.165) is 11.3 Å². The minimum Gasteiger partial charge on any atom is -0.392 e. The average Bonchev–Trinajstić information content (AvgIpc) is 3.05. The smallest absolute Gasteiger partial charge is 0.274 e. The van der Waals surface area contributed by atoms with Crippen molar-refractivity contribution < 1.29 is 9.90 Å². The van der Waals surface area contributed by atoms with Gasteiger partial charge in [0, 0.05) is 11.4 Å². The van der Waals surface area contributed by atoms with E-state index in [0.29, 0.717) is 11.4 Å². The molecule has 0 unspecified atom stereocenters. The van der Waals surface area contributed by atoms with Gasteiger partial charge in [0.2, 0.25) is 0 Å². The summed E-state index contributed by atoms with van der Waals surface area (Å²) in [6, 6.07) is 16.6. The number of aliphatic hydroxyl groups is 1. The Hall–Kier alpha value is -2.92. The number of anilines is 1. The van der Waals surface area contributed by atoms with Crippen molar-refractivity contribution in [2.45, 2.75) is 6.61 Å². The molecular weight excluding hydrogens is 278 g/mol. The molecule has 0 saturated carbocycles. The highest BCUT2D eigenvalue weighted by Crippen LogP contribution is 2.15. The first-order valence-corrected chi connectivity index (χ1v) is 6.87. The Morgan fingerprint density at radius 2 is 1.95 bits per heavy atom. The summed E-state index contributed by atoms with van der Waals surface area (Å²) < 4.78 is 1.73. The molecule has 1 heterocycles. The number of carbonyl (C=O) groups excluding carboxylic acids is 1. The van der Waals surface area contributed by atoms with Gasteiger partial charge in [0.15, 0.2) is 0 Å². The lowest BCUT2D eigenvalue weighted by molar-refractivity contribution is 0.102. The topological polar surface area (TPSA) is 67.2 Å². The zero-order chi connectivity index (χ0) is 15.4. The first-order chi connectivity index (χ1) is 10.8. The molecule has 0 spiro atoms. The van der Waals surface area contributed by atoms with E-state index in [2.05, 4.69) is 10.3 Å². The van der Waals surface area contributed by atoms with Crippen LogP contribution in [0, 0.1) is 0 Å². The van der Waals surface area contributed by atoms with Crippen LogP contribution in [0.5, 0.6) is 0 Å². The Kier molecular flexibility index (Phi) is 3.98. The second kappa shape index (κ2) is 6.24. The Morgan fingerprint density at radius 1 is 1.14 bits per heavy atom.